The Bertz CT molecular complexity index is 562. The fourth-order valence-corrected chi connectivity index (χ4v) is 2.48. The molecule has 3 unspecified atom stereocenters. The molecule has 4 N–H and O–H groups in total. The van der Waals surface area contributed by atoms with Crippen molar-refractivity contribution in [2.45, 2.75) is 32.4 Å². The van der Waals surface area contributed by atoms with Crippen LogP contribution >= 0.6 is 0 Å². The van der Waals surface area contributed by atoms with Crippen molar-refractivity contribution < 1.29 is 14.0 Å². The minimum absolute atomic E-state index is 0.0169. The number of urea groups is 1. The number of carbonyl (C=O) groups is 2. The zero-order valence-electron chi connectivity index (χ0n) is 13.4. The van der Waals surface area contributed by atoms with Crippen molar-refractivity contribution in [3.63, 3.8) is 0 Å². The minimum atomic E-state index is -0.365. The molecule has 0 aliphatic carbocycles. The van der Waals surface area contributed by atoms with E-state index in [0.717, 1.165) is 0 Å². The van der Waals surface area contributed by atoms with Crippen LogP contribution in [0.15, 0.2) is 24.3 Å². The molecule has 1 aliphatic rings. The summed E-state index contributed by atoms with van der Waals surface area (Å²) < 4.78 is 12.8. The second kappa shape index (κ2) is 7.41. The quantitative estimate of drug-likeness (QED) is 0.785. The SMILES string of the molecule is CC(N)C(C)C(=O)N1CCC(NC(=O)Nc2ccc(F)cc2)C1. The molecule has 1 aromatic rings. The van der Waals surface area contributed by atoms with Crippen LogP contribution in [0.1, 0.15) is 20.3 Å². The Morgan fingerprint density at radius 3 is 2.57 bits per heavy atom. The summed E-state index contributed by atoms with van der Waals surface area (Å²) in [4.78, 5) is 25.9. The fraction of sp³-hybridized carbons (Fsp3) is 0.500. The number of rotatable bonds is 4. The van der Waals surface area contributed by atoms with Gasteiger partial charge >= 0.3 is 6.03 Å². The van der Waals surface area contributed by atoms with Crippen LogP contribution < -0.4 is 16.4 Å². The van der Waals surface area contributed by atoms with E-state index < -0.39 is 0 Å². The highest BCUT2D eigenvalue weighted by Gasteiger charge is 2.30. The Morgan fingerprint density at radius 2 is 1.96 bits per heavy atom. The van der Waals surface area contributed by atoms with Gasteiger partial charge in [-0.2, -0.15) is 0 Å². The molecule has 0 saturated carbocycles. The highest BCUT2D eigenvalue weighted by Crippen LogP contribution is 2.15. The minimum Gasteiger partial charge on any atom is -0.340 e. The Kier molecular flexibility index (Phi) is 5.54. The molecule has 0 aromatic heterocycles. The first-order valence-electron chi connectivity index (χ1n) is 7.74. The van der Waals surface area contributed by atoms with Gasteiger partial charge in [0.15, 0.2) is 0 Å². The lowest BCUT2D eigenvalue weighted by atomic mass is 10.0. The molecule has 1 aliphatic heterocycles. The molecule has 0 spiro atoms. The number of halogens is 1. The van der Waals surface area contributed by atoms with Crippen molar-refractivity contribution in [3.8, 4) is 0 Å². The summed E-state index contributed by atoms with van der Waals surface area (Å²) >= 11 is 0. The maximum atomic E-state index is 12.8. The first-order valence-corrected chi connectivity index (χ1v) is 7.74. The molecular weight excluding hydrogens is 299 g/mol. The molecule has 126 valence electrons. The summed E-state index contributed by atoms with van der Waals surface area (Å²) in [6.45, 7) is 4.71. The largest absolute Gasteiger partial charge is 0.340 e. The van der Waals surface area contributed by atoms with E-state index in [4.69, 9.17) is 5.73 Å². The zero-order chi connectivity index (χ0) is 17.0. The van der Waals surface area contributed by atoms with Crippen LogP contribution in [-0.4, -0.2) is 42.0 Å². The molecule has 2 rings (SSSR count). The Hall–Kier alpha value is -2.15. The van der Waals surface area contributed by atoms with E-state index in [1.165, 1.54) is 24.3 Å². The van der Waals surface area contributed by atoms with Gasteiger partial charge in [-0.1, -0.05) is 6.92 Å². The molecule has 6 nitrogen and oxygen atoms in total. The van der Waals surface area contributed by atoms with Crippen molar-refractivity contribution in [3.05, 3.63) is 30.1 Å². The molecule has 3 atom stereocenters. The molecule has 3 amide bonds. The van der Waals surface area contributed by atoms with E-state index in [1.54, 1.807) is 4.90 Å². The number of carbonyl (C=O) groups excluding carboxylic acids is 2. The summed E-state index contributed by atoms with van der Waals surface area (Å²) in [7, 11) is 0. The zero-order valence-corrected chi connectivity index (χ0v) is 13.4. The van der Waals surface area contributed by atoms with Gasteiger partial charge in [-0.15, -0.1) is 0 Å². The summed E-state index contributed by atoms with van der Waals surface area (Å²) in [6, 6.07) is 4.88. The third kappa shape index (κ3) is 4.66. The maximum absolute atomic E-state index is 12.8. The molecule has 7 heteroatoms. The van der Waals surface area contributed by atoms with E-state index in [9.17, 15) is 14.0 Å². The number of nitrogens with one attached hydrogen (secondary N) is 2. The van der Waals surface area contributed by atoms with Crippen LogP contribution in [0.5, 0.6) is 0 Å². The van der Waals surface area contributed by atoms with Gasteiger partial charge in [0.25, 0.3) is 0 Å². The molecular formula is C16H23FN4O2. The fourth-order valence-electron chi connectivity index (χ4n) is 2.48. The van der Waals surface area contributed by atoms with E-state index in [2.05, 4.69) is 10.6 Å². The van der Waals surface area contributed by atoms with Gasteiger partial charge in [0.1, 0.15) is 5.82 Å². The van der Waals surface area contributed by atoms with Gasteiger partial charge in [-0.3, -0.25) is 4.79 Å². The number of amides is 3. The normalized spacial score (nSPS) is 20.0. The molecule has 1 fully saturated rings. The smallest absolute Gasteiger partial charge is 0.319 e. The summed E-state index contributed by atoms with van der Waals surface area (Å²) in [6.07, 6.45) is 0.703. The van der Waals surface area contributed by atoms with Gasteiger partial charge < -0.3 is 21.3 Å². The number of hydrogen-bond acceptors (Lipinski definition) is 3. The Morgan fingerprint density at radius 1 is 1.30 bits per heavy atom. The molecule has 0 radical (unpaired) electrons. The van der Waals surface area contributed by atoms with Crippen LogP contribution in [0.25, 0.3) is 0 Å². The number of anilines is 1. The van der Waals surface area contributed by atoms with Gasteiger partial charge in [0.2, 0.25) is 5.91 Å². The number of nitrogens with two attached hydrogens (primary N) is 1. The van der Waals surface area contributed by atoms with E-state index in [1.807, 2.05) is 13.8 Å². The second-order valence-corrected chi connectivity index (χ2v) is 6.02. The first-order chi connectivity index (χ1) is 10.9. The summed E-state index contributed by atoms with van der Waals surface area (Å²) in [5.74, 6) is -0.575. The van der Waals surface area contributed by atoms with Crippen molar-refractivity contribution in [2.24, 2.45) is 11.7 Å². The average molecular weight is 322 g/mol. The maximum Gasteiger partial charge on any atom is 0.319 e. The van der Waals surface area contributed by atoms with Crippen LogP contribution in [0.2, 0.25) is 0 Å². The van der Waals surface area contributed by atoms with Crippen molar-refractivity contribution in [1.29, 1.82) is 0 Å². The summed E-state index contributed by atoms with van der Waals surface area (Å²) in [5, 5.41) is 5.47. The van der Waals surface area contributed by atoms with E-state index >= 15 is 0 Å². The lowest BCUT2D eigenvalue weighted by molar-refractivity contribution is -0.134. The highest BCUT2D eigenvalue weighted by atomic mass is 19.1. The number of benzene rings is 1. The number of likely N-dealkylation sites (tertiary alicyclic amines) is 1. The Labute approximate surface area is 135 Å². The monoisotopic (exact) mass is 322 g/mol. The van der Waals surface area contributed by atoms with E-state index in [0.29, 0.717) is 25.2 Å². The van der Waals surface area contributed by atoms with Crippen molar-refractivity contribution >= 4 is 17.6 Å². The predicted octanol–water partition coefficient (Wildman–Crippen LogP) is 1.53. The van der Waals surface area contributed by atoms with Crippen LogP contribution in [0.3, 0.4) is 0 Å². The average Bonchev–Trinajstić information content (AvgIpc) is 2.96. The number of hydrogen-bond donors (Lipinski definition) is 3. The topological polar surface area (TPSA) is 87.5 Å². The Balaban J connectivity index is 1.82. The molecule has 0 bridgehead atoms. The van der Waals surface area contributed by atoms with Crippen LogP contribution in [-0.2, 0) is 4.79 Å². The van der Waals surface area contributed by atoms with Crippen molar-refractivity contribution in [1.82, 2.24) is 10.2 Å². The first kappa shape index (κ1) is 17.2. The third-order valence-corrected chi connectivity index (χ3v) is 4.12. The highest BCUT2D eigenvalue weighted by molar-refractivity contribution is 5.89. The standard InChI is InChI=1S/C16H23FN4O2/c1-10(11(2)18)15(22)21-8-7-14(9-21)20-16(23)19-13-5-3-12(17)4-6-13/h3-6,10-11,14H,7-9,18H2,1-2H3,(H2,19,20,23). The predicted molar refractivity (Wildman–Crippen MR) is 86.4 cm³/mol. The van der Waals surface area contributed by atoms with Gasteiger partial charge in [-0.05, 0) is 37.6 Å². The van der Waals surface area contributed by atoms with Crippen LogP contribution in [0.4, 0.5) is 14.9 Å². The molecule has 1 aromatic carbocycles. The van der Waals surface area contributed by atoms with E-state index in [-0.39, 0.29) is 35.8 Å². The molecule has 1 heterocycles. The molecule has 23 heavy (non-hydrogen) atoms. The molecule has 1 saturated heterocycles. The second-order valence-electron chi connectivity index (χ2n) is 6.02. The lowest BCUT2D eigenvalue weighted by Crippen LogP contribution is -2.43. The lowest BCUT2D eigenvalue weighted by Gasteiger charge is -2.23. The number of nitrogens with zero attached hydrogens (tertiary/aromatic N) is 1. The van der Waals surface area contributed by atoms with Gasteiger partial charge in [0.05, 0.1) is 5.92 Å². The van der Waals surface area contributed by atoms with Crippen LogP contribution in [0, 0.1) is 11.7 Å². The summed E-state index contributed by atoms with van der Waals surface area (Å²) in [5.41, 5.74) is 6.28. The van der Waals surface area contributed by atoms with Gasteiger partial charge in [0, 0.05) is 30.9 Å². The van der Waals surface area contributed by atoms with Crippen molar-refractivity contribution in [2.75, 3.05) is 18.4 Å². The van der Waals surface area contributed by atoms with Gasteiger partial charge in [-0.25, -0.2) is 9.18 Å². The third-order valence-electron chi connectivity index (χ3n) is 4.12.